The van der Waals surface area contributed by atoms with Crippen LogP contribution in [-0.4, -0.2) is 48.3 Å². The van der Waals surface area contributed by atoms with E-state index in [0.717, 1.165) is 19.0 Å². The summed E-state index contributed by atoms with van der Waals surface area (Å²) in [6.07, 6.45) is 4.71. The Morgan fingerprint density at radius 1 is 1.36 bits per heavy atom. The maximum Gasteiger partial charge on any atom is 0.407 e. The number of amides is 1. The Kier molecular flexibility index (Phi) is 7.63. The maximum atomic E-state index is 11.9. The van der Waals surface area contributed by atoms with Crippen LogP contribution in [0.5, 0.6) is 0 Å². The van der Waals surface area contributed by atoms with Gasteiger partial charge in [-0.3, -0.25) is 4.90 Å². The predicted octanol–water partition coefficient (Wildman–Crippen LogP) is 2.74. The number of carbonyl (C=O) groups excluding carboxylic acids is 1. The van der Waals surface area contributed by atoms with Gasteiger partial charge in [0, 0.05) is 18.6 Å². The Labute approximate surface area is 135 Å². The van der Waals surface area contributed by atoms with Crippen molar-refractivity contribution in [3.05, 3.63) is 0 Å². The molecule has 1 fully saturated rings. The molecule has 5 nitrogen and oxygen atoms in total. The van der Waals surface area contributed by atoms with E-state index >= 15 is 0 Å². The molecule has 130 valence electrons. The average molecular weight is 313 g/mol. The highest BCUT2D eigenvalue weighted by Gasteiger charge is 2.29. The minimum atomic E-state index is -0.472. The summed E-state index contributed by atoms with van der Waals surface area (Å²) in [5.74, 6) is 0.855. The summed E-state index contributed by atoms with van der Waals surface area (Å²) >= 11 is 0. The molecule has 0 aromatic carbocycles. The number of hydrogen-bond donors (Lipinski definition) is 2. The zero-order valence-corrected chi connectivity index (χ0v) is 15.0. The minimum Gasteiger partial charge on any atom is -0.444 e. The van der Waals surface area contributed by atoms with Gasteiger partial charge in [-0.2, -0.15) is 0 Å². The van der Waals surface area contributed by atoms with E-state index in [4.69, 9.17) is 10.5 Å². The maximum absolute atomic E-state index is 11.9. The molecule has 2 unspecified atom stereocenters. The first-order valence-electron chi connectivity index (χ1n) is 8.70. The summed E-state index contributed by atoms with van der Waals surface area (Å²) < 4.78 is 5.33. The zero-order valence-electron chi connectivity index (χ0n) is 15.0. The van der Waals surface area contributed by atoms with Gasteiger partial charge in [0.1, 0.15) is 5.60 Å². The first-order chi connectivity index (χ1) is 10.3. The van der Waals surface area contributed by atoms with Crippen molar-refractivity contribution in [1.29, 1.82) is 0 Å². The third-order valence-corrected chi connectivity index (χ3v) is 4.38. The molecule has 1 aliphatic heterocycles. The van der Waals surface area contributed by atoms with Gasteiger partial charge in [0.05, 0.1) is 0 Å². The molecule has 1 aliphatic rings. The standard InChI is InChI=1S/C17H35N3O2/c1-6-7-14-8-10-20(11-9-14)15(12-18)13(2)19-16(21)22-17(3,4)5/h13-15H,6-12,18H2,1-5H3,(H,19,21). The van der Waals surface area contributed by atoms with Crippen LogP contribution in [0.1, 0.15) is 60.3 Å². The topological polar surface area (TPSA) is 67.6 Å². The van der Waals surface area contributed by atoms with Gasteiger partial charge in [-0.05, 0) is 59.5 Å². The van der Waals surface area contributed by atoms with Gasteiger partial charge >= 0.3 is 6.09 Å². The molecule has 1 heterocycles. The lowest BCUT2D eigenvalue weighted by Gasteiger charge is -2.40. The van der Waals surface area contributed by atoms with Crippen LogP contribution < -0.4 is 11.1 Å². The summed E-state index contributed by atoms with van der Waals surface area (Å²) in [5.41, 5.74) is 5.50. The second-order valence-electron chi connectivity index (χ2n) is 7.51. The second kappa shape index (κ2) is 8.73. The summed E-state index contributed by atoms with van der Waals surface area (Å²) in [6.45, 7) is 12.6. The van der Waals surface area contributed by atoms with Crippen molar-refractivity contribution in [2.75, 3.05) is 19.6 Å². The van der Waals surface area contributed by atoms with Crippen LogP contribution in [0, 0.1) is 5.92 Å². The lowest BCUT2D eigenvalue weighted by molar-refractivity contribution is 0.0449. The van der Waals surface area contributed by atoms with Crippen LogP contribution in [0.25, 0.3) is 0 Å². The number of rotatable bonds is 6. The van der Waals surface area contributed by atoms with E-state index in [-0.39, 0.29) is 18.2 Å². The molecule has 3 N–H and O–H groups in total. The van der Waals surface area contributed by atoms with Crippen LogP contribution in [0.3, 0.4) is 0 Å². The van der Waals surface area contributed by atoms with Gasteiger partial charge < -0.3 is 15.8 Å². The number of piperidine rings is 1. The molecule has 5 heteroatoms. The van der Waals surface area contributed by atoms with Crippen LogP contribution in [0.15, 0.2) is 0 Å². The summed E-state index contributed by atoms with van der Waals surface area (Å²) in [4.78, 5) is 14.3. The number of ether oxygens (including phenoxy) is 1. The normalized spacial score (nSPS) is 20.5. The van der Waals surface area contributed by atoms with Crippen molar-refractivity contribution in [3.8, 4) is 0 Å². The Hall–Kier alpha value is -0.810. The molecular formula is C17H35N3O2. The average Bonchev–Trinajstić information content (AvgIpc) is 2.39. The van der Waals surface area contributed by atoms with E-state index in [1.807, 2.05) is 27.7 Å². The van der Waals surface area contributed by atoms with E-state index in [9.17, 15) is 4.79 Å². The molecule has 1 saturated heterocycles. The van der Waals surface area contributed by atoms with Crippen molar-refractivity contribution < 1.29 is 9.53 Å². The van der Waals surface area contributed by atoms with Crippen molar-refractivity contribution in [1.82, 2.24) is 10.2 Å². The number of likely N-dealkylation sites (tertiary alicyclic amines) is 1. The molecule has 0 aliphatic carbocycles. The Bertz CT molecular complexity index is 333. The fourth-order valence-electron chi connectivity index (χ4n) is 3.24. The lowest BCUT2D eigenvalue weighted by atomic mass is 9.91. The molecule has 0 spiro atoms. The SMILES string of the molecule is CCCC1CCN(C(CN)C(C)NC(=O)OC(C)(C)C)CC1. The highest BCUT2D eigenvalue weighted by Crippen LogP contribution is 2.23. The van der Waals surface area contributed by atoms with Crippen LogP contribution >= 0.6 is 0 Å². The molecule has 22 heavy (non-hydrogen) atoms. The molecule has 2 atom stereocenters. The van der Waals surface area contributed by atoms with Gasteiger partial charge in [0.15, 0.2) is 0 Å². The monoisotopic (exact) mass is 313 g/mol. The largest absolute Gasteiger partial charge is 0.444 e. The van der Waals surface area contributed by atoms with E-state index < -0.39 is 5.60 Å². The Morgan fingerprint density at radius 3 is 2.41 bits per heavy atom. The van der Waals surface area contributed by atoms with Gasteiger partial charge in [-0.1, -0.05) is 19.8 Å². The van der Waals surface area contributed by atoms with Gasteiger partial charge in [-0.15, -0.1) is 0 Å². The first-order valence-corrected chi connectivity index (χ1v) is 8.70. The number of nitrogens with two attached hydrogens (primary N) is 1. The van der Waals surface area contributed by atoms with Crippen LogP contribution in [0.4, 0.5) is 4.79 Å². The van der Waals surface area contributed by atoms with E-state index in [1.165, 1.54) is 25.7 Å². The third kappa shape index (κ3) is 6.53. The fourth-order valence-corrected chi connectivity index (χ4v) is 3.24. The molecular weight excluding hydrogens is 278 g/mol. The summed E-state index contributed by atoms with van der Waals surface area (Å²) in [5, 5.41) is 2.94. The number of nitrogens with zero attached hydrogens (tertiary/aromatic N) is 1. The van der Waals surface area contributed by atoms with Crippen molar-refractivity contribution in [2.24, 2.45) is 11.7 Å². The van der Waals surface area contributed by atoms with Crippen molar-refractivity contribution in [3.63, 3.8) is 0 Å². The quantitative estimate of drug-likeness (QED) is 0.791. The first kappa shape index (κ1) is 19.2. The molecule has 0 bridgehead atoms. The molecule has 0 aromatic heterocycles. The smallest absolute Gasteiger partial charge is 0.407 e. The molecule has 1 amide bonds. The molecule has 0 radical (unpaired) electrons. The predicted molar refractivity (Wildman–Crippen MR) is 90.9 cm³/mol. The van der Waals surface area contributed by atoms with Gasteiger partial charge in [0.2, 0.25) is 0 Å². The van der Waals surface area contributed by atoms with Crippen LogP contribution in [0.2, 0.25) is 0 Å². The fraction of sp³-hybridized carbons (Fsp3) is 0.941. The van der Waals surface area contributed by atoms with Crippen molar-refractivity contribution in [2.45, 2.75) is 78.0 Å². The summed E-state index contributed by atoms with van der Waals surface area (Å²) in [7, 11) is 0. The highest BCUT2D eigenvalue weighted by atomic mass is 16.6. The molecule has 0 aromatic rings. The second-order valence-corrected chi connectivity index (χ2v) is 7.51. The number of alkyl carbamates (subject to hydrolysis) is 1. The van der Waals surface area contributed by atoms with E-state index in [0.29, 0.717) is 6.54 Å². The summed E-state index contributed by atoms with van der Waals surface area (Å²) in [6, 6.07) is 0.165. The zero-order chi connectivity index (χ0) is 16.8. The number of hydrogen-bond acceptors (Lipinski definition) is 4. The molecule has 0 saturated carbocycles. The Morgan fingerprint density at radius 2 is 1.95 bits per heavy atom. The number of carbonyl (C=O) groups is 1. The Balaban J connectivity index is 2.48. The molecule has 1 rings (SSSR count). The van der Waals surface area contributed by atoms with Crippen LogP contribution in [-0.2, 0) is 4.74 Å². The van der Waals surface area contributed by atoms with E-state index in [1.54, 1.807) is 0 Å². The van der Waals surface area contributed by atoms with Gasteiger partial charge in [0.25, 0.3) is 0 Å². The minimum absolute atomic E-state index is 0.0115. The lowest BCUT2D eigenvalue weighted by Crippen LogP contribution is -2.56. The number of nitrogens with one attached hydrogen (secondary N) is 1. The van der Waals surface area contributed by atoms with E-state index in [2.05, 4.69) is 17.1 Å². The highest BCUT2D eigenvalue weighted by molar-refractivity contribution is 5.68. The van der Waals surface area contributed by atoms with Crippen molar-refractivity contribution >= 4 is 6.09 Å². The van der Waals surface area contributed by atoms with Gasteiger partial charge in [-0.25, -0.2) is 4.79 Å². The third-order valence-electron chi connectivity index (χ3n) is 4.38.